The van der Waals surface area contributed by atoms with Crippen LogP contribution < -0.4 is 5.32 Å². The van der Waals surface area contributed by atoms with Crippen molar-refractivity contribution in [2.45, 2.75) is 19.9 Å². The summed E-state index contributed by atoms with van der Waals surface area (Å²) in [7, 11) is 1.88. The molecule has 110 valence electrons. The monoisotopic (exact) mass is 324 g/mol. The molecule has 0 fully saturated rings. The van der Waals surface area contributed by atoms with Crippen molar-refractivity contribution in [1.29, 1.82) is 0 Å². The van der Waals surface area contributed by atoms with E-state index in [9.17, 15) is 0 Å². The lowest BCUT2D eigenvalue weighted by Crippen LogP contribution is -2.00. The number of hydrogen-bond acceptors (Lipinski definition) is 4. The number of rotatable bonds is 3. The molecule has 0 aliphatic carbocycles. The summed E-state index contributed by atoms with van der Waals surface area (Å²) in [6.45, 7) is 4.06. The highest BCUT2D eigenvalue weighted by Crippen LogP contribution is 2.27. The third-order valence-corrected chi connectivity index (χ3v) is 3.71. The van der Waals surface area contributed by atoms with Crippen LogP contribution in [-0.4, -0.2) is 24.3 Å². The van der Waals surface area contributed by atoms with E-state index in [1.54, 1.807) is 17.1 Å². The quantitative estimate of drug-likeness (QED) is 0.796. The van der Waals surface area contributed by atoms with Gasteiger partial charge in [-0.1, -0.05) is 23.2 Å². The summed E-state index contributed by atoms with van der Waals surface area (Å²) in [5, 5.41) is 9.14. The minimum Gasteiger partial charge on any atom is -0.334 e. The molecule has 3 aromatic rings. The fourth-order valence-electron chi connectivity index (χ4n) is 2.01. The van der Waals surface area contributed by atoms with Gasteiger partial charge in [0.2, 0.25) is 5.95 Å². The van der Waals surface area contributed by atoms with Crippen molar-refractivity contribution in [3.63, 3.8) is 0 Å². The highest BCUT2D eigenvalue weighted by Gasteiger charge is 2.12. The van der Waals surface area contributed by atoms with Gasteiger partial charge in [0.05, 0.1) is 22.3 Å². The number of anilines is 2. The van der Waals surface area contributed by atoms with E-state index >= 15 is 0 Å². The SMILES string of the molecule is CC(C)n1cc(Nc2ncc3c(Cl)cn(C)c3n2)c(Cl)n1. The van der Waals surface area contributed by atoms with Crippen molar-refractivity contribution in [3.05, 3.63) is 28.8 Å². The van der Waals surface area contributed by atoms with Crippen molar-refractivity contribution >= 4 is 45.9 Å². The Morgan fingerprint density at radius 1 is 1.24 bits per heavy atom. The van der Waals surface area contributed by atoms with E-state index in [1.165, 1.54) is 0 Å². The van der Waals surface area contributed by atoms with Crippen molar-refractivity contribution in [2.24, 2.45) is 7.05 Å². The van der Waals surface area contributed by atoms with Crippen LogP contribution in [0, 0.1) is 0 Å². The van der Waals surface area contributed by atoms with Gasteiger partial charge in [-0.05, 0) is 13.8 Å². The zero-order valence-electron chi connectivity index (χ0n) is 11.8. The predicted molar refractivity (Wildman–Crippen MR) is 84.4 cm³/mol. The molecule has 3 aromatic heterocycles. The number of hydrogen-bond donors (Lipinski definition) is 1. The second-order valence-corrected chi connectivity index (χ2v) is 5.82. The van der Waals surface area contributed by atoms with Crippen LogP contribution in [0.2, 0.25) is 10.2 Å². The molecular formula is C13H14Cl2N6. The molecule has 6 nitrogen and oxygen atoms in total. The van der Waals surface area contributed by atoms with Gasteiger partial charge >= 0.3 is 0 Å². The molecule has 0 atom stereocenters. The zero-order valence-corrected chi connectivity index (χ0v) is 13.3. The van der Waals surface area contributed by atoms with Crippen LogP contribution in [0.4, 0.5) is 11.6 Å². The van der Waals surface area contributed by atoms with Crippen LogP contribution in [0.25, 0.3) is 11.0 Å². The maximum absolute atomic E-state index is 6.12. The Morgan fingerprint density at radius 3 is 2.67 bits per heavy atom. The lowest BCUT2D eigenvalue weighted by atomic mass is 10.4. The van der Waals surface area contributed by atoms with Gasteiger partial charge in [-0.25, -0.2) is 4.98 Å². The lowest BCUT2D eigenvalue weighted by molar-refractivity contribution is 0.533. The Balaban J connectivity index is 1.96. The third-order valence-electron chi connectivity index (χ3n) is 3.13. The molecule has 0 aliphatic heterocycles. The minimum absolute atomic E-state index is 0.230. The zero-order chi connectivity index (χ0) is 15.1. The molecule has 8 heteroatoms. The number of nitrogens with one attached hydrogen (secondary N) is 1. The van der Waals surface area contributed by atoms with Crippen LogP contribution in [-0.2, 0) is 7.05 Å². The molecule has 0 bridgehead atoms. The normalized spacial score (nSPS) is 11.5. The number of halogens is 2. The van der Waals surface area contributed by atoms with Crippen LogP contribution in [0.15, 0.2) is 18.6 Å². The maximum Gasteiger partial charge on any atom is 0.229 e. The summed E-state index contributed by atoms with van der Waals surface area (Å²) in [6, 6.07) is 0.230. The molecule has 0 amide bonds. The summed E-state index contributed by atoms with van der Waals surface area (Å²) in [5.41, 5.74) is 1.43. The van der Waals surface area contributed by atoms with E-state index < -0.39 is 0 Å². The second kappa shape index (κ2) is 5.20. The van der Waals surface area contributed by atoms with Gasteiger partial charge in [0.15, 0.2) is 5.15 Å². The number of fused-ring (bicyclic) bond motifs is 1. The van der Waals surface area contributed by atoms with E-state index in [4.69, 9.17) is 23.2 Å². The van der Waals surface area contributed by atoms with Gasteiger partial charge in [-0.3, -0.25) is 4.68 Å². The maximum atomic E-state index is 6.12. The highest BCUT2D eigenvalue weighted by molar-refractivity contribution is 6.35. The van der Waals surface area contributed by atoms with E-state index in [2.05, 4.69) is 20.4 Å². The van der Waals surface area contributed by atoms with Crippen LogP contribution >= 0.6 is 23.2 Å². The first-order valence-electron chi connectivity index (χ1n) is 6.45. The van der Waals surface area contributed by atoms with Crippen molar-refractivity contribution < 1.29 is 0 Å². The number of aromatic nitrogens is 5. The molecule has 3 heterocycles. The first-order chi connectivity index (χ1) is 9.95. The van der Waals surface area contributed by atoms with Crippen molar-refractivity contribution in [2.75, 3.05) is 5.32 Å². The van der Waals surface area contributed by atoms with Gasteiger partial charge in [-0.2, -0.15) is 10.1 Å². The van der Waals surface area contributed by atoms with E-state index in [0.717, 1.165) is 11.0 Å². The summed E-state index contributed by atoms with van der Waals surface area (Å²) in [5.74, 6) is 0.450. The predicted octanol–water partition coefficient (Wildman–Crippen LogP) is 3.80. The number of nitrogens with zero attached hydrogens (tertiary/aromatic N) is 5. The average molecular weight is 325 g/mol. The van der Waals surface area contributed by atoms with E-state index in [-0.39, 0.29) is 6.04 Å². The summed E-state index contributed by atoms with van der Waals surface area (Å²) in [6.07, 6.45) is 5.32. The molecular weight excluding hydrogens is 311 g/mol. The van der Waals surface area contributed by atoms with Crippen LogP contribution in [0.1, 0.15) is 19.9 Å². The fourth-order valence-corrected chi connectivity index (χ4v) is 2.47. The molecule has 0 radical (unpaired) electrons. The van der Waals surface area contributed by atoms with E-state index in [1.807, 2.05) is 31.7 Å². The van der Waals surface area contributed by atoms with Gasteiger partial charge in [-0.15, -0.1) is 0 Å². The van der Waals surface area contributed by atoms with Gasteiger partial charge in [0.1, 0.15) is 5.65 Å². The van der Waals surface area contributed by atoms with Crippen molar-refractivity contribution in [1.82, 2.24) is 24.3 Å². The Hall–Kier alpha value is -1.79. The number of aryl methyl sites for hydroxylation is 1. The van der Waals surface area contributed by atoms with Gasteiger partial charge in [0.25, 0.3) is 0 Å². The highest BCUT2D eigenvalue weighted by atomic mass is 35.5. The van der Waals surface area contributed by atoms with Crippen molar-refractivity contribution in [3.8, 4) is 0 Å². The first-order valence-corrected chi connectivity index (χ1v) is 7.20. The Kier molecular flexibility index (Phi) is 3.51. The summed E-state index contributed by atoms with van der Waals surface area (Å²) in [4.78, 5) is 8.70. The van der Waals surface area contributed by atoms with Crippen LogP contribution in [0.3, 0.4) is 0 Å². The Morgan fingerprint density at radius 2 is 2.00 bits per heavy atom. The minimum atomic E-state index is 0.230. The van der Waals surface area contributed by atoms with E-state index in [0.29, 0.717) is 21.8 Å². The smallest absolute Gasteiger partial charge is 0.229 e. The summed E-state index contributed by atoms with van der Waals surface area (Å²) < 4.78 is 3.63. The van der Waals surface area contributed by atoms with Crippen LogP contribution in [0.5, 0.6) is 0 Å². The molecule has 1 N–H and O–H groups in total. The lowest BCUT2D eigenvalue weighted by Gasteiger charge is -2.04. The molecule has 0 aliphatic rings. The molecule has 0 saturated carbocycles. The van der Waals surface area contributed by atoms with Gasteiger partial charge in [0, 0.05) is 25.5 Å². The standard InChI is InChI=1S/C13H14Cl2N6/c1-7(2)21-6-10(11(15)19-21)17-13-16-4-8-9(14)5-20(3)12(8)18-13/h4-7H,1-3H3,(H,16,17,18). The molecule has 0 saturated heterocycles. The molecule has 0 unspecified atom stereocenters. The molecule has 21 heavy (non-hydrogen) atoms. The Labute approximate surface area is 131 Å². The third kappa shape index (κ3) is 2.56. The largest absolute Gasteiger partial charge is 0.334 e. The Bertz CT molecular complexity index is 804. The molecule has 0 spiro atoms. The molecule has 0 aromatic carbocycles. The van der Waals surface area contributed by atoms with Gasteiger partial charge < -0.3 is 9.88 Å². The summed E-state index contributed by atoms with van der Waals surface area (Å²) >= 11 is 12.2. The second-order valence-electron chi connectivity index (χ2n) is 5.05. The first kappa shape index (κ1) is 14.2. The fraction of sp³-hybridized carbons (Fsp3) is 0.308. The average Bonchev–Trinajstić information content (AvgIpc) is 2.92. The molecule has 3 rings (SSSR count). The topological polar surface area (TPSA) is 60.6 Å².